The van der Waals surface area contributed by atoms with Gasteiger partial charge in [0.05, 0.1) is 11.9 Å². The molecule has 0 fully saturated rings. The van der Waals surface area contributed by atoms with Crippen molar-refractivity contribution in [2.45, 2.75) is 0 Å². The lowest BCUT2D eigenvalue weighted by molar-refractivity contribution is 0.479. The van der Waals surface area contributed by atoms with Crippen molar-refractivity contribution in [3.63, 3.8) is 0 Å². The predicted octanol–water partition coefficient (Wildman–Crippen LogP) is 4.49. The Bertz CT molecular complexity index is 991. The lowest BCUT2D eigenvalue weighted by Crippen LogP contribution is -1.83. The SMILES string of the molecule is Oc1c(-c2ccccc2)n[nH]c1-c1ncc(-c2ccccc2Cl)[nH]1. The summed E-state index contributed by atoms with van der Waals surface area (Å²) in [6, 6.07) is 17.0. The monoisotopic (exact) mass is 336 g/mol. The van der Waals surface area contributed by atoms with Crippen LogP contribution in [0.5, 0.6) is 5.75 Å². The molecule has 3 N–H and O–H groups in total. The van der Waals surface area contributed by atoms with Crippen LogP contribution in [0.25, 0.3) is 34.0 Å². The second-order valence-corrected chi connectivity index (χ2v) is 5.69. The van der Waals surface area contributed by atoms with E-state index in [0.29, 0.717) is 22.2 Å². The zero-order chi connectivity index (χ0) is 16.5. The van der Waals surface area contributed by atoms with Crippen LogP contribution < -0.4 is 0 Å². The number of halogens is 1. The second-order valence-electron chi connectivity index (χ2n) is 5.29. The molecule has 118 valence electrons. The summed E-state index contributed by atoms with van der Waals surface area (Å²) in [5.41, 5.74) is 3.37. The van der Waals surface area contributed by atoms with Gasteiger partial charge in [0.2, 0.25) is 0 Å². The van der Waals surface area contributed by atoms with Crippen molar-refractivity contribution in [3.8, 4) is 39.8 Å². The predicted molar refractivity (Wildman–Crippen MR) is 93.7 cm³/mol. The van der Waals surface area contributed by atoms with E-state index in [1.54, 1.807) is 6.20 Å². The molecule has 0 bridgehead atoms. The van der Waals surface area contributed by atoms with Crippen LogP contribution in [0.4, 0.5) is 0 Å². The van der Waals surface area contributed by atoms with Crippen LogP contribution in [0.3, 0.4) is 0 Å². The molecule has 0 aliphatic heterocycles. The first kappa shape index (κ1) is 14.5. The summed E-state index contributed by atoms with van der Waals surface area (Å²) in [6.07, 6.45) is 1.68. The number of hydrogen-bond acceptors (Lipinski definition) is 3. The van der Waals surface area contributed by atoms with Crippen LogP contribution in [-0.4, -0.2) is 25.3 Å². The molecule has 0 aliphatic rings. The van der Waals surface area contributed by atoms with E-state index >= 15 is 0 Å². The molecule has 5 nitrogen and oxygen atoms in total. The minimum atomic E-state index is 0.0567. The van der Waals surface area contributed by atoms with Crippen molar-refractivity contribution >= 4 is 11.6 Å². The van der Waals surface area contributed by atoms with Gasteiger partial charge in [-0.2, -0.15) is 5.10 Å². The first-order valence-electron chi connectivity index (χ1n) is 7.37. The van der Waals surface area contributed by atoms with Gasteiger partial charge in [-0.3, -0.25) is 5.10 Å². The summed E-state index contributed by atoms with van der Waals surface area (Å²) in [6.45, 7) is 0. The van der Waals surface area contributed by atoms with E-state index in [4.69, 9.17) is 11.6 Å². The van der Waals surface area contributed by atoms with E-state index in [-0.39, 0.29) is 5.75 Å². The maximum atomic E-state index is 10.5. The van der Waals surface area contributed by atoms with Gasteiger partial charge < -0.3 is 10.1 Å². The van der Waals surface area contributed by atoms with Crippen LogP contribution >= 0.6 is 11.6 Å². The summed E-state index contributed by atoms with van der Waals surface area (Å²) < 4.78 is 0. The van der Waals surface area contributed by atoms with Gasteiger partial charge in [-0.05, 0) is 6.07 Å². The zero-order valence-electron chi connectivity index (χ0n) is 12.5. The normalized spacial score (nSPS) is 10.9. The smallest absolute Gasteiger partial charge is 0.172 e. The molecule has 0 atom stereocenters. The largest absolute Gasteiger partial charge is 0.504 e. The van der Waals surface area contributed by atoms with E-state index < -0.39 is 0 Å². The average Bonchev–Trinajstić information content (AvgIpc) is 3.23. The molecule has 2 aromatic heterocycles. The summed E-state index contributed by atoms with van der Waals surface area (Å²) in [4.78, 5) is 7.49. The standard InChI is InChI=1S/C18H13ClN4O/c19-13-9-5-4-8-12(13)14-10-20-18(21-14)16-17(24)15(22-23-16)11-6-2-1-3-7-11/h1-10,24H,(H,20,21)(H,22,23). The summed E-state index contributed by atoms with van der Waals surface area (Å²) in [5.74, 6) is 0.554. The van der Waals surface area contributed by atoms with Crippen molar-refractivity contribution in [2.24, 2.45) is 0 Å². The molecule has 2 aromatic carbocycles. The summed E-state index contributed by atoms with van der Waals surface area (Å²) >= 11 is 6.21. The highest BCUT2D eigenvalue weighted by Gasteiger charge is 2.18. The third kappa shape index (κ3) is 2.45. The van der Waals surface area contributed by atoms with Gasteiger partial charge in [-0.1, -0.05) is 60.1 Å². The number of aromatic amines is 2. The van der Waals surface area contributed by atoms with Crippen LogP contribution in [-0.2, 0) is 0 Å². The number of aromatic hydroxyl groups is 1. The lowest BCUT2D eigenvalue weighted by atomic mass is 10.1. The van der Waals surface area contributed by atoms with Crippen LogP contribution in [0, 0.1) is 0 Å². The van der Waals surface area contributed by atoms with Gasteiger partial charge in [-0.15, -0.1) is 0 Å². The number of aromatic nitrogens is 4. The first-order valence-corrected chi connectivity index (χ1v) is 7.75. The van der Waals surface area contributed by atoms with E-state index in [2.05, 4.69) is 20.2 Å². The number of H-pyrrole nitrogens is 2. The number of rotatable bonds is 3. The molecular weight excluding hydrogens is 324 g/mol. The molecule has 0 aliphatic carbocycles. The molecule has 4 aromatic rings. The maximum absolute atomic E-state index is 10.5. The van der Waals surface area contributed by atoms with Gasteiger partial charge in [0.25, 0.3) is 0 Å². The van der Waals surface area contributed by atoms with Gasteiger partial charge >= 0.3 is 0 Å². The van der Waals surface area contributed by atoms with Crippen molar-refractivity contribution in [1.29, 1.82) is 0 Å². The summed E-state index contributed by atoms with van der Waals surface area (Å²) in [5, 5.41) is 18.2. The highest BCUT2D eigenvalue weighted by molar-refractivity contribution is 6.33. The average molecular weight is 337 g/mol. The third-order valence-corrected chi connectivity index (χ3v) is 4.09. The molecule has 6 heteroatoms. The van der Waals surface area contributed by atoms with Crippen molar-refractivity contribution in [3.05, 3.63) is 65.8 Å². The summed E-state index contributed by atoms with van der Waals surface area (Å²) in [7, 11) is 0. The topological polar surface area (TPSA) is 77.6 Å². The first-order chi connectivity index (χ1) is 11.7. The van der Waals surface area contributed by atoms with Gasteiger partial charge in [-0.25, -0.2) is 4.98 Å². The molecule has 0 saturated carbocycles. The Hall–Kier alpha value is -3.05. The van der Waals surface area contributed by atoms with Gasteiger partial charge in [0, 0.05) is 16.1 Å². The Morgan fingerprint density at radius 2 is 1.71 bits per heavy atom. The number of nitrogens with one attached hydrogen (secondary N) is 2. The minimum absolute atomic E-state index is 0.0567. The van der Waals surface area contributed by atoms with Gasteiger partial charge in [0.1, 0.15) is 11.4 Å². The van der Waals surface area contributed by atoms with Crippen LogP contribution in [0.15, 0.2) is 60.8 Å². The number of benzene rings is 2. The molecule has 0 saturated heterocycles. The lowest BCUT2D eigenvalue weighted by Gasteiger charge is -2.00. The molecule has 0 unspecified atom stereocenters. The minimum Gasteiger partial charge on any atom is -0.504 e. The Balaban J connectivity index is 1.74. The molecule has 0 amide bonds. The zero-order valence-corrected chi connectivity index (χ0v) is 13.2. The maximum Gasteiger partial charge on any atom is 0.172 e. The van der Waals surface area contributed by atoms with Gasteiger partial charge in [0.15, 0.2) is 11.6 Å². The Morgan fingerprint density at radius 3 is 2.50 bits per heavy atom. The Labute approximate surface area is 143 Å². The molecule has 24 heavy (non-hydrogen) atoms. The van der Waals surface area contributed by atoms with Crippen LogP contribution in [0.2, 0.25) is 5.02 Å². The number of nitrogens with zero attached hydrogens (tertiary/aromatic N) is 2. The fourth-order valence-electron chi connectivity index (χ4n) is 2.56. The highest BCUT2D eigenvalue weighted by atomic mass is 35.5. The molecule has 0 spiro atoms. The van der Waals surface area contributed by atoms with Crippen LogP contribution in [0.1, 0.15) is 0 Å². The molecule has 4 rings (SSSR count). The highest BCUT2D eigenvalue weighted by Crippen LogP contribution is 2.35. The number of hydrogen-bond donors (Lipinski definition) is 3. The van der Waals surface area contributed by atoms with Crippen molar-refractivity contribution < 1.29 is 5.11 Å². The Kier molecular flexibility index (Phi) is 3.55. The fraction of sp³-hybridized carbons (Fsp3) is 0. The molecule has 0 radical (unpaired) electrons. The van der Waals surface area contributed by atoms with Crippen molar-refractivity contribution in [2.75, 3.05) is 0 Å². The van der Waals surface area contributed by atoms with Crippen molar-refractivity contribution in [1.82, 2.24) is 20.2 Å². The quantitative estimate of drug-likeness (QED) is 0.515. The van der Waals surface area contributed by atoms with E-state index in [9.17, 15) is 5.11 Å². The fourth-order valence-corrected chi connectivity index (χ4v) is 2.80. The third-order valence-electron chi connectivity index (χ3n) is 3.76. The van der Waals surface area contributed by atoms with E-state index in [1.807, 2.05) is 54.6 Å². The molecular formula is C18H13ClN4O. The Morgan fingerprint density at radius 1 is 0.958 bits per heavy atom. The van der Waals surface area contributed by atoms with E-state index in [0.717, 1.165) is 16.8 Å². The second kappa shape index (κ2) is 5.86. The number of imidazole rings is 1. The molecule has 2 heterocycles. The van der Waals surface area contributed by atoms with E-state index in [1.165, 1.54) is 0 Å².